The van der Waals surface area contributed by atoms with Gasteiger partial charge in [-0.25, -0.2) is 4.79 Å². The van der Waals surface area contributed by atoms with E-state index in [1.807, 2.05) is 58.0 Å². The molecule has 5 nitrogen and oxygen atoms in total. The van der Waals surface area contributed by atoms with Crippen molar-refractivity contribution in [2.75, 3.05) is 13.1 Å². The zero-order valence-electron chi connectivity index (χ0n) is 13.7. The zero-order chi connectivity index (χ0) is 16.3. The Bertz CT molecular complexity index is 537. The van der Waals surface area contributed by atoms with Crippen LogP contribution in [-0.2, 0) is 16.1 Å². The summed E-state index contributed by atoms with van der Waals surface area (Å²) in [6.07, 6.45) is -0.423. The third-order valence-electron chi connectivity index (χ3n) is 3.52. The Morgan fingerprint density at radius 1 is 1.27 bits per heavy atom. The molecule has 0 spiro atoms. The first-order valence-corrected chi connectivity index (χ1v) is 7.57. The fourth-order valence-electron chi connectivity index (χ4n) is 2.44. The van der Waals surface area contributed by atoms with Crippen LogP contribution in [0, 0.1) is 0 Å². The lowest BCUT2D eigenvalue weighted by molar-refractivity contribution is -0.138. The topological polar surface area (TPSA) is 49.9 Å². The molecule has 5 heteroatoms. The van der Waals surface area contributed by atoms with Gasteiger partial charge in [0.15, 0.2) is 0 Å². The third kappa shape index (κ3) is 4.23. The highest BCUT2D eigenvalue weighted by atomic mass is 16.6. The SMILES string of the molecule is CC1CN(Cc2ccccc2)C(=O)CN1C(=O)OC(C)(C)C. The normalized spacial score (nSPS) is 19.3. The molecule has 0 bridgehead atoms. The summed E-state index contributed by atoms with van der Waals surface area (Å²) in [6.45, 7) is 8.57. The van der Waals surface area contributed by atoms with Crippen molar-refractivity contribution < 1.29 is 14.3 Å². The summed E-state index contributed by atoms with van der Waals surface area (Å²) in [6, 6.07) is 9.81. The van der Waals surface area contributed by atoms with Gasteiger partial charge in [-0.2, -0.15) is 0 Å². The van der Waals surface area contributed by atoms with Gasteiger partial charge in [0.25, 0.3) is 0 Å². The maximum Gasteiger partial charge on any atom is 0.411 e. The van der Waals surface area contributed by atoms with E-state index in [1.165, 1.54) is 4.90 Å². The lowest BCUT2D eigenvalue weighted by Crippen LogP contribution is -2.57. The van der Waals surface area contributed by atoms with E-state index in [0.29, 0.717) is 13.1 Å². The predicted molar refractivity (Wildman–Crippen MR) is 84.3 cm³/mol. The Labute approximate surface area is 131 Å². The van der Waals surface area contributed by atoms with E-state index >= 15 is 0 Å². The molecule has 1 aromatic carbocycles. The molecule has 0 radical (unpaired) electrons. The zero-order valence-corrected chi connectivity index (χ0v) is 13.7. The molecule has 1 fully saturated rings. The van der Waals surface area contributed by atoms with Crippen molar-refractivity contribution in [3.8, 4) is 0 Å². The lowest BCUT2D eigenvalue weighted by atomic mass is 10.1. The molecule has 0 aromatic heterocycles. The predicted octanol–water partition coefficient (Wildman–Crippen LogP) is 2.65. The smallest absolute Gasteiger partial charge is 0.411 e. The van der Waals surface area contributed by atoms with E-state index in [4.69, 9.17) is 4.74 Å². The average molecular weight is 304 g/mol. The Kier molecular flexibility index (Phi) is 4.74. The number of hydrogen-bond donors (Lipinski definition) is 0. The summed E-state index contributed by atoms with van der Waals surface area (Å²) in [5, 5.41) is 0. The number of benzene rings is 1. The summed E-state index contributed by atoms with van der Waals surface area (Å²) < 4.78 is 5.37. The largest absolute Gasteiger partial charge is 0.444 e. The molecule has 22 heavy (non-hydrogen) atoms. The van der Waals surface area contributed by atoms with Crippen molar-refractivity contribution >= 4 is 12.0 Å². The number of hydrogen-bond acceptors (Lipinski definition) is 3. The third-order valence-corrected chi connectivity index (χ3v) is 3.52. The number of carbonyl (C=O) groups is 2. The number of rotatable bonds is 2. The van der Waals surface area contributed by atoms with Crippen LogP contribution in [0.5, 0.6) is 0 Å². The van der Waals surface area contributed by atoms with Gasteiger partial charge in [0.1, 0.15) is 12.1 Å². The van der Waals surface area contributed by atoms with Crippen molar-refractivity contribution in [2.24, 2.45) is 0 Å². The number of amides is 2. The number of ether oxygens (including phenoxy) is 1. The molecule has 0 N–H and O–H groups in total. The van der Waals surface area contributed by atoms with Crippen LogP contribution in [0.15, 0.2) is 30.3 Å². The summed E-state index contributed by atoms with van der Waals surface area (Å²) in [5.41, 5.74) is 0.537. The molecular formula is C17H24N2O3. The van der Waals surface area contributed by atoms with Crippen LogP contribution in [0.25, 0.3) is 0 Å². The van der Waals surface area contributed by atoms with Crippen molar-refractivity contribution in [1.82, 2.24) is 9.80 Å². The minimum atomic E-state index is -0.555. The van der Waals surface area contributed by atoms with Gasteiger partial charge in [-0.1, -0.05) is 30.3 Å². The van der Waals surface area contributed by atoms with E-state index in [0.717, 1.165) is 5.56 Å². The van der Waals surface area contributed by atoms with Crippen LogP contribution < -0.4 is 0 Å². The fourth-order valence-corrected chi connectivity index (χ4v) is 2.44. The molecule has 0 saturated carbocycles. The standard InChI is InChI=1S/C17H24N2O3/c1-13-10-18(11-14-8-6-5-7-9-14)15(20)12-19(13)16(21)22-17(2,3)4/h5-9,13H,10-12H2,1-4H3. The maximum atomic E-state index is 12.3. The Morgan fingerprint density at radius 3 is 2.50 bits per heavy atom. The second-order valence-corrected chi connectivity index (χ2v) is 6.72. The van der Waals surface area contributed by atoms with Crippen LogP contribution in [0.2, 0.25) is 0 Å². The molecular weight excluding hydrogens is 280 g/mol. The van der Waals surface area contributed by atoms with Crippen molar-refractivity contribution in [3.63, 3.8) is 0 Å². The van der Waals surface area contributed by atoms with Crippen LogP contribution >= 0.6 is 0 Å². The van der Waals surface area contributed by atoms with Gasteiger partial charge in [0.05, 0.1) is 6.04 Å². The van der Waals surface area contributed by atoms with E-state index in [1.54, 1.807) is 4.90 Å². The monoisotopic (exact) mass is 304 g/mol. The molecule has 1 aliphatic rings. The maximum absolute atomic E-state index is 12.3. The Morgan fingerprint density at radius 2 is 1.91 bits per heavy atom. The van der Waals surface area contributed by atoms with E-state index in [2.05, 4.69) is 0 Å². The molecule has 1 saturated heterocycles. The van der Waals surface area contributed by atoms with Crippen LogP contribution in [0.3, 0.4) is 0 Å². The van der Waals surface area contributed by atoms with Gasteiger partial charge in [-0.15, -0.1) is 0 Å². The van der Waals surface area contributed by atoms with Crippen LogP contribution in [-0.4, -0.2) is 46.5 Å². The van der Waals surface area contributed by atoms with Crippen LogP contribution in [0.1, 0.15) is 33.3 Å². The highest BCUT2D eigenvalue weighted by Crippen LogP contribution is 2.17. The van der Waals surface area contributed by atoms with Gasteiger partial charge >= 0.3 is 6.09 Å². The molecule has 0 aliphatic carbocycles. The second-order valence-electron chi connectivity index (χ2n) is 6.72. The first kappa shape index (κ1) is 16.3. The number of nitrogens with zero attached hydrogens (tertiary/aromatic N) is 2. The summed E-state index contributed by atoms with van der Waals surface area (Å²) in [5.74, 6) is -0.0483. The quantitative estimate of drug-likeness (QED) is 0.844. The minimum Gasteiger partial charge on any atom is -0.444 e. The number of piperazine rings is 1. The molecule has 1 unspecified atom stereocenters. The Hall–Kier alpha value is -2.04. The van der Waals surface area contributed by atoms with E-state index < -0.39 is 11.7 Å². The average Bonchev–Trinajstić information content (AvgIpc) is 2.41. The van der Waals surface area contributed by atoms with Gasteiger partial charge < -0.3 is 9.64 Å². The highest BCUT2D eigenvalue weighted by Gasteiger charge is 2.34. The van der Waals surface area contributed by atoms with E-state index in [9.17, 15) is 9.59 Å². The van der Waals surface area contributed by atoms with Crippen LogP contribution in [0.4, 0.5) is 4.79 Å². The summed E-state index contributed by atoms with van der Waals surface area (Å²) >= 11 is 0. The van der Waals surface area contributed by atoms with Gasteiger partial charge in [0, 0.05) is 13.1 Å². The van der Waals surface area contributed by atoms with Crippen molar-refractivity contribution in [2.45, 2.75) is 45.9 Å². The number of carbonyl (C=O) groups excluding carboxylic acids is 2. The Balaban J connectivity index is 2.00. The van der Waals surface area contributed by atoms with Gasteiger partial charge in [0.2, 0.25) is 5.91 Å². The lowest BCUT2D eigenvalue weighted by Gasteiger charge is -2.39. The highest BCUT2D eigenvalue weighted by molar-refractivity contribution is 5.84. The first-order chi connectivity index (χ1) is 10.3. The van der Waals surface area contributed by atoms with Gasteiger partial charge in [-0.3, -0.25) is 9.69 Å². The first-order valence-electron chi connectivity index (χ1n) is 7.57. The molecule has 1 heterocycles. The minimum absolute atomic E-state index is 0.0483. The van der Waals surface area contributed by atoms with Crippen molar-refractivity contribution in [3.05, 3.63) is 35.9 Å². The molecule has 1 aromatic rings. The molecule has 2 amide bonds. The molecule has 1 atom stereocenters. The van der Waals surface area contributed by atoms with E-state index in [-0.39, 0.29) is 18.5 Å². The fraction of sp³-hybridized carbons (Fsp3) is 0.529. The molecule has 120 valence electrons. The van der Waals surface area contributed by atoms with Crippen molar-refractivity contribution in [1.29, 1.82) is 0 Å². The second kappa shape index (κ2) is 6.38. The van der Waals surface area contributed by atoms with Gasteiger partial charge in [-0.05, 0) is 33.3 Å². The molecule has 2 rings (SSSR count). The summed E-state index contributed by atoms with van der Waals surface area (Å²) in [7, 11) is 0. The molecule has 1 aliphatic heterocycles. The summed E-state index contributed by atoms with van der Waals surface area (Å²) in [4.78, 5) is 27.8.